The van der Waals surface area contributed by atoms with Crippen molar-refractivity contribution >= 4 is 5.97 Å². The predicted molar refractivity (Wildman–Crippen MR) is 69.8 cm³/mol. The summed E-state index contributed by atoms with van der Waals surface area (Å²) < 4.78 is 5.12. The van der Waals surface area contributed by atoms with Gasteiger partial charge in [-0.15, -0.1) is 0 Å². The summed E-state index contributed by atoms with van der Waals surface area (Å²) >= 11 is 0. The molecule has 0 spiro atoms. The van der Waals surface area contributed by atoms with Gasteiger partial charge in [-0.3, -0.25) is 0 Å². The summed E-state index contributed by atoms with van der Waals surface area (Å²) in [5.74, 6) is -0.377. The predicted octanol–water partition coefficient (Wildman–Crippen LogP) is 0.849. The van der Waals surface area contributed by atoms with Crippen molar-refractivity contribution in [3.8, 4) is 5.75 Å². The third-order valence-corrected chi connectivity index (χ3v) is 2.37. The number of carboxylic acid groups (broad SMARTS) is 1. The van der Waals surface area contributed by atoms with Gasteiger partial charge >= 0.3 is 5.97 Å². The van der Waals surface area contributed by atoms with E-state index in [1.165, 1.54) is 0 Å². The van der Waals surface area contributed by atoms with Gasteiger partial charge in [0, 0.05) is 6.54 Å². The molecule has 100 valence electrons. The van der Waals surface area contributed by atoms with Crippen LogP contribution >= 0.6 is 0 Å². The SMILES string of the molecule is CNCCCNCc1cccc(OCC(=O)O)c1. The van der Waals surface area contributed by atoms with Gasteiger partial charge in [-0.1, -0.05) is 12.1 Å². The van der Waals surface area contributed by atoms with Crippen molar-refractivity contribution in [2.45, 2.75) is 13.0 Å². The van der Waals surface area contributed by atoms with Crippen LogP contribution in [0.3, 0.4) is 0 Å². The van der Waals surface area contributed by atoms with Crippen molar-refractivity contribution in [1.29, 1.82) is 0 Å². The van der Waals surface area contributed by atoms with Gasteiger partial charge in [0.15, 0.2) is 6.61 Å². The van der Waals surface area contributed by atoms with E-state index in [2.05, 4.69) is 10.6 Å². The number of rotatable bonds is 9. The van der Waals surface area contributed by atoms with E-state index in [0.717, 1.165) is 31.6 Å². The number of benzene rings is 1. The van der Waals surface area contributed by atoms with Crippen LogP contribution in [0.25, 0.3) is 0 Å². The second-order valence-electron chi connectivity index (χ2n) is 3.96. The molecule has 0 saturated heterocycles. The molecule has 0 fully saturated rings. The molecule has 0 radical (unpaired) electrons. The van der Waals surface area contributed by atoms with E-state index in [0.29, 0.717) is 5.75 Å². The van der Waals surface area contributed by atoms with Crippen molar-refractivity contribution in [1.82, 2.24) is 10.6 Å². The van der Waals surface area contributed by atoms with Crippen LogP contribution in [0.1, 0.15) is 12.0 Å². The van der Waals surface area contributed by atoms with E-state index >= 15 is 0 Å². The Morgan fingerprint density at radius 1 is 1.39 bits per heavy atom. The zero-order chi connectivity index (χ0) is 13.2. The van der Waals surface area contributed by atoms with Gasteiger partial charge in [0.05, 0.1) is 0 Å². The Bertz CT molecular complexity index is 369. The third-order valence-electron chi connectivity index (χ3n) is 2.37. The fraction of sp³-hybridized carbons (Fsp3) is 0.462. The zero-order valence-electron chi connectivity index (χ0n) is 10.6. The molecule has 0 aliphatic heterocycles. The fourth-order valence-electron chi connectivity index (χ4n) is 1.51. The van der Waals surface area contributed by atoms with Gasteiger partial charge < -0.3 is 20.5 Å². The molecule has 1 aromatic rings. The molecule has 0 saturated carbocycles. The average Bonchev–Trinajstić information content (AvgIpc) is 2.37. The van der Waals surface area contributed by atoms with Gasteiger partial charge in [0.1, 0.15) is 5.75 Å². The highest BCUT2D eigenvalue weighted by molar-refractivity contribution is 5.68. The van der Waals surface area contributed by atoms with Gasteiger partial charge in [0.25, 0.3) is 0 Å². The Morgan fingerprint density at radius 2 is 2.22 bits per heavy atom. The molecule has 18 heavy (non-hydrogen) atoms. The van der Waals surface area contributed by atoms with Crippen LogP contribution in [0.15, 0.2) is 24.3 Å². The van der Waals surface area contributed by atoms with Crippen LogP contribution < -0.4 is 15.4 Å². The molecule has 5 heteroatoms. The summed E-state index contributed by atoms with van der Waals surface area (Å²) in [6.07, 6.45) is 1.08. The van der Waals surface area contributed by atoms with Gasteiger partial charge in [-0.2, -0.15) is 0 Å². The van der Waals surface area contributed by atoms with Crippen LogP contribution in [-0.2, 0) is 11.3 Å². The van der Waals surface area contributed by atoms with Crippen molar-refractivity contribution in [3.63, 3.8) is 0 Å². The van der Waals surface area contributed by atoms with E-state index in [4.69, 9.17) is 9.84 Å². The Hall–Kier alpha value is -1.59. The second-order valence-corrected chi connectivity index (χ2v) is 3.96. The first-order chi connectivity index (χ1) is 8.72. The summed E-state index contributed by atoms with van der Waals surface area (Å²) in [7, 11) is 1.93. The largest absolute Gasteiger partial charge is 0.482 e. The monoisotopic (exact) mass is 252 g/mol. The maximum Gasteiger partial charge on any atom is 0.341 e. The first-order valence-electron chi connectivity index (χ1n) is 6.01. The normalized spacial score (nSPS) is 10.3. The minimum Gasteiger partial charge on any atom is -0.482 e. The smallest absolute Gasteiger partial charge is 0.341 e. The molecule has 0 amide bonds. The minimum atomic E-state index is -0.967. The first-order valence-corrected chi connectivity index (χ1v) is 6.01. The average molecular weight is 252 g/mol. The van der Waals surface area contributed by atoms with Crippen molar-refractivity contribution in [3.05, 3.63) is 29.8 Å². The molecular formula is C13H20N2O3. The van der Waals surface area contributed by atoms with Crippen molar-refractivity contribution < 1.29 is 14.6 Å². The molecule has 0 bridgehead atoms. The molecule has 0 aromatic heterocycles. The molecule has 1 aromatic carbocycles. The van der Waals surface area contributed by atoms with Crippen molar-refractivity contribution in [2.24, 2.45) is 0 Å². The maximum atomic E-state index is 10.4. The first kappa shape index (κ1) is 14.5. The molecule has 5 nitrogen and oxygen atoms in total. The van der Waals surface area contributed by atoms with Crippen LogP contribution in [0.5, 0.6) is 5.75 Å². The minimum absolute atomic E-state index is 0.306. The van der Waals surface area contributed by atoms with Crippen LogP contribution in [0.4, 0.5) is 0 Å². The topological polar surface area (TPSA) is 70.6 Å². The Morgan fingerprint density at radius 3 is 2.94 bits per heavy atom. The quantitative estimate of drug-likeness (QED) is 0.568. The molecule has 0 aliphatic rings. The van der Waals surface area contributed by atoms with E-state index in [1.807, 2.05) is 25.2 Å². The number of carboxylic acids is 1. The number of hydrogen-bond donors (Lipinski definition) is 3. The molecule has 0 unspecified atom stereocenters. The van der Waals surface area contributed by atoms with Crippen LogP contribution in [0, 0.1) is 0 Å². The van der Waals surface area contributed by atoms with Crippen molar-refractivity contribution in [2.75, 3.05) is 26.7 Å². The number of ether oxygens (including phenoxy) is 1. The Balaban J connectivity index is 2.32. The highest BCUT2D eigenvalue weighted by atomic mass is 16.5. The standard InChI is InChI=1S/C13H20N2O3/c1-14-6-3-7-15-9-11-4-2-5-12(8-11)18-10-13(16)17/h2,4-5,8,14-15H,3,6-7,9-10H2,1H3,(H,16,17). The van der Waals surface area contributed by atoms with Crippen LogP contribution in [0.2, 0.25) is 0 Å². The molecule has 0 heterocycles. The van der Waals surface area contributed by atoms with E-state index in [1.54, 1.807) is 6.07 Å². The van der Waals surface area contributed by atoms with Gasteiger partial charge in [-0.05, 0) is 44.3 Å². The third kappa shape index (κ3) is 6.22. The maximum absolute atomic E-state index is 10.4. The summed E-state index contributed by atoms with van der Waals surface area (Å²) in [6.45, 7) is 2.39. The van der Waals surface area contributed by atoms with Gasteiger partial charge in [0.2, 0.25) is 0 Å². The number of hydrogen-bond acceptors (Lipinski definition) is 4. The van der Waals surface area contributed by atoms with E-state index in [-0.39, 0.29) is 6.61 Å². The molecule has 3 N–H and O–H groups in total. The Kier molecular flexibility index (Phi) is 6.83. The summed E-state index contributed by atoms with van der Waals surface area (Å²) in [4.78, 5) is 10.4. The lowest BCUT2D eigenvalue weighted by molar-refractivity contribution is -0.139. The highest BCUT2D eigenvalue weighted by Crippen LogP contribution is 2.12. The lowest BCUT2D eigenvalue weighted by atomic mass is 10.2. The molecular weight excluding hydrogens is 232 g/mol. The highest BCUT2D eigenvalue weighted by Gasteiger charge is 2.00. The molecule has 0 aliphatic carbocycles. The van der Waals surface area contributed by atoms with E-state index in [9.17, 15) is 4.79 Å². The fourth-order valence-corrected chi connectivity index (χ4v) is 1.51. The number of aliphatic carboxylic acids is 1. The van der Waals surface area contributed by atoms with E-state index < -0.39 is 5.97 Å². The Labute approximate surface area is 107 Å². The van der Waals surface area contributed by atoms with Gasteiger partial charge in [-0.25, -0.2) is 4.79 Å². The summed E-state index contributed by atoms with van der Waals surface area (Å²) in [6, 6.07) is 7.46. The lowest BCUT2D eigenvalue weighted by Gasteiger charge is -2.07. The van der Waals surface area contributed by atoms with Crippen LogP contribution in [-0.4, -0.2) is 37.8 Å². The number of carbonyl (C=O) groups is 1. The number of nitrogens with one attached hydrogen (secondary N) is 2. The zero-order valence-corrected chi connectivity index (χ0v) is 10.6. The second kappa shape index (κ2) is 8.49. The molecule has 0 atom stereocenters. The lowest BCUT2D eigenvalue weighted by Crippen LogP contribution is -2.19. The molecule has 1 rings (SSSR count). The summed E-state index contributed by atoms with van der Waals surface area (Å²) in [5.41, 5.74) is 1.09. The summed E-state index contributed by atoms with van der Waals surface area (Å²) in [5, 5.41) is 14.9.